The number of esters is 1. The van der Waals surface area contributed by atoms with Crippen LogP contribution in [-0.2, 0) is 32.5 Å². The SMILES string of the molecule is CCN(CC)S(=O)(=O)c1ccc(N2CCCC2)c(C(=O)OCC(=O)N2CCc3ccccc3C2)c1. The Bertz CT molecular complexity index is 1190. The van der Waals surface area contributed by atoms with E-state index in [-0.39, 0.29) is 23.0 Å². The summed E-state index contributed by atoms with van der Waals surface area (Å²) in [5, 5.41) is 0. The Balaban J connectivity index is 1.53. The molecule has 0 atom stereocenters. The van der Waals surface area contributed by atoms with Crippen LogP contribution in [0.4, 0.5) is 5.69 Å². The van der Waals surface area contributed by atoms with Crippen LogP contribution in [0, 0.1) is 0 Å². The van der Waals surface area contributed by atoms with Gasteiger partial charge in [0, 0.05) is 39.3 Å². The first-order valence-electron chi connectivity index (χ1n) is 12.3. The molecule has 2 aromatic carbocycles. The highest BCUT2D eigenvalue weighted by Gasteiger charge is 2.28. The Labute approximate surface area is 207 Å². The van der Waals surface area contributed by atoms with Crippen LogP contribution >= 0.6 is 0 Å². The van der Waals surface area contributed by atoms with E-state index in [0.29, 0.717) is 31.9 Å². The standard InChI is InChI=1S/C26H33N3O5S/c1-3-29(4-2)35(32,33)22-11-12-24(27-14-7-8-15-27)23(17-22)26(31)34-19-25(30)28-16-13-20-9-5-6-10-21(20)18-28/h5-6,9-12,17H,3-4,7-8,13-16,18-19H2,1-2H3. The monoisotopic (exact) mass is 499 g/mol. The number of anilines is 1. The van der Waals surface area contributed by atoms with Gasteiger partial charge in [-0.25, -0.2) is 13.2 Å². The summed E-state index contributed by atoms with van der Waals surface area (Å²) in [7, 11) is -3.74. The molecule has 1 saturated heterocycles. The molecule has 0 N–H and O–H groups in total. The highest BCUT2D eigenvalue weighted by Crippen LogP contribution is 2.29. The second-order valence-corrected chi connectivity index (χ2v) is 10.8. The third kappa shape index (κ3) is 5.36. The number of hydrogen-bond donors (Lipinski definition) is 0. The zero-order valence-corrected chi connectivity index (χ0v) is 21.2. The van der Waals surface area contributed by atoms with Gasteiger partial charge in [-0.3, -0.25) is 4.79 Å². The fourth-order valence-electron chi connectivity index (χ4n) is 4.79. The lowest BCUT2D eigenvalue weighted by Crippen LogP contribution is -2.38. The van der Waals surface area contributed by atoms with Crippen molar-refractivity contribution in [2.24, 2.45) is 0 Å². The molecule has 0 aromatic heterocycles. The van der Waals surface area contributed by atoms with Crippen LogP contribution in [0.2, 0.25) is 0 Å². The summed E-state index contributed by atoms with van der Waals surface area (Å²) in [5.41, 5.74) is 3.15. The average molecular weight is 500 g/mol. The summed E-state index contributed by atoms with van der Waals surface area (Å²) in [6.45, 7) is 6.47. The van der Waals surface area contributed by atoms with E-state index in [0.717, 1.165) is 37.9 Å². The molecule has 2 aromatic rings. The van der Waals surface area contributed by atoms with Crippen LogP contribution in [0.5, 0.6) is 0 Å². The zero-order valence-electron chi connectivity index (χ0n) is 20.4. The lowest BCUT2D eigenvalue weighted by Gasteiger charge is -2.28. The third-order valence-corrected chi connectivity index (χ3v) is 8.83. The molecule has 1 amide bonds. The van der Waals surface area contributed by atoms with Gasteiger partial charge in [-0.15, -0.1) is 0 Å². The number of benzene rings is 2. The minimum Gasteiger partial charge on any atom is -0.452 e. The third-order valence-electron chi connectivity index (χ3n) is 6.79. The van der Waals surface area contributed by atoms with Crippen molar-refractivity contribution in [3.8, 4) is 0 Å². The number of nitrogens with zero attached hydrogens (tertiary/aromatic N) is 3. The van der Waals surface area contributed by atoms with Gasteiger partial charge in [0.15, 0.2) is 6.61 Å². The van der Waals surface area contributed by atoms with Gasteiger partial charge in [-0.2, -0.15) is 4.31 Å². The van der Waals surface area contributed by atoms with E-state index in [2.05, 4.69) is 11.0 Å². The second kappa shape index (κ2) is 10.8. The average Bonchev–Trinajstić information content (AvgIpc) is 3.42. The molecule has 8 nitrogen and oxygen atoms in total. The van der Waals surface area contributed by atoms with Crippen molar-refractivity contribution in [3.63, 3.8) is 0 Å². The number of hydrogen-bond acceptors (Lipinski definition) is 6. The van der Waals surface area contributed by atoms with Gasteiger partial charge in [0.2, 0.25) is 10.0 Å². The van der Waals surface area contributed by atoms with Crippen LogP contribution in [0.1, 0.15) is 48.2 Å². The molecule has 0 unspecified atom stereocenters. The van der Waals surface area contributed by atoms with E-state index in [1.165, 1.54) is 15.9 Å². The van der Waals surface area contributed by atoms with Gasteiger partial charge in [-0.1, -0.05) is 38.1 Å². The fourth-order valence-corrected chi connectivity index (χ4v) is 6.28. The van der Waals surface area contributed by atoms with Crippen LogP contribution in [0.3, 0.4) is 0 Å². The lowest BCUT2D eigenvalue weighted by atomic mass is 10.00. The number of sulfonamides is 1. The Morgan fingerprint density at radius 2 is 1.66 bits per heavy atom. The molecule has 2 aliphatic heterocycles. The van der Waals surface area contributed by atoms with Gasteiger partial charge in [-0.05, 0) is 48.6 Å². The first kappa shape index (κ1) is 25.2. The molecule has 4 rings (SSSR count). The topological polar surface area (TPSA) is 87.2 Å². The number of amides is 1. The van der Waals surface area contributed by atoms with Crippen LogP contribution in [0.15, 0.2) is 47.4 Å². The molecule has 1 fully saturated rings. The normalized spacial score (nSPS) is 15.9. The van der Waals surface area contributed by atoms with Crippen molar-refractivity contribution in [2.45, 2.75) is 44.6 Å². The van der Waals surface area contributed by atoms with Gasteiger partial charge in [0.1, 0.15) is 0 Å². The molecule has 0 saturated carbocycles. The van der Waals surface area contributed by atoms with Crippen molar-refractivity contribution in [1.82, 2.24) is 9.21 Å². The minimum absolute atomic E-state index is 0.0510. The molecule has 0 spiro atoms. The molecule has 9 heteroatoms. The van der Waals surface area contributed by atoms with E-state index in [9.17, 15) is 18.0 Å². The molecular formula is C26H33N3O5S. The number of fused-ring (bicyclic) bond motifs is 1. The van der Waals surface area contributed by atoms with E-state index < -0.39 is 16.0 Å². The smallest absolute Gasteiger partial charge is 0.340 e. The molecule has 0 radical (unpaired) electrons. The van der Waals surface area contributed by atoms with Crippen LogP contribution in [-0.4, -0.2) is 68.8 Å². The molecule has 2 heterocycles. The van der Waals surface area contributed by atoms with E-state index in [1.54, 1.807) is 30.9 Å². The molecule has 0 aliphatic carbocycles. The second-order valence-electron chi connectivity index (χ2n) is 8.87. The first-order valence-corrected chi connectivity index (χ1v) is 13.7. The van der Waals surface area contributed by atoms with Crippen molar-refractivity contribution in [3.05, 3.63) is 59.2 Å². The van der Waals surface area contributed by atoms with E-state index in [4.69, 9.17) is 4.74 Å². The Kier molecular flexibility index (Phi) is 7.76. The predicted molar refractivity (Wildman–Crippen MR) is 134 cm³/mol. The van der Waals surface area contributed by atoms with Crippen molar-refractivity contribution < 1.29 is 22.7 Å². The lowest BCUT2D eigenvalue weighted by molar-refractivity contribution is -0.135. The first-order chi connectivity index (χ1) is 16.8. The highest BCUT2D eigenvalue weighted by atomic mass is 32.2. The van der Waals surface area contributed by atoms with E-state index >= 15 is 0 Å². The maximum absolute atomic E-state index is 13.2. The summed E-state index contributed by atoms with van der Waals surface area (Å²) in [4.78, 5) is 29.8. The molecule has 35 heavy (non-hydrogen) atoms. The van der Waals surface area contributed by atoms with Crippen molar-refractivity contribution in [1.29, 1.82) is 0 Å². The quantitative estimate of drug-likeness (QED) is 0.519. The summed E-state index contributed by atoms with van der Waals surface area (Å²) in [5.74, 6) is -0.947. The van der Waals surface area contributed by atoms with Gasteiger partial charge < -0.3 is 14.5 Å². The highest BCUT2D eigenvalue weighted by molar-refractivity contribution is 7.89. The minimum atomic E-state index is -3.74. The summed E-state index contributed by atoms with van der Waals surface area (Å²) in [6.07, 6.45) is 2.77. The number of ether oxygens (including phenoxy) is 1. The van der Waals surface area contributed by atoms with Crippen LogP contribution in [0.25, 0.3) is 0 Å². The predicted octanol–water partition coefficient (Wildman–Crippen LogP) is 3.06. The maximum Gasteiger partial charge on any atom is 0.340 e. The molecule has 2 aliphatic rings. The van der Waals surface area contributed by atoms with E-state index in [1.807, 2.05) is 18.2 Å². The summed E-state index contributed by atoms with van der Waals surface area (Å²) in [6, 6.07) is 12.6. The number of carbonyl (C=O) groups is 2. The largest absolute Gasteiger partial charge is 0.452 e. The summed E-state index contributed by atoms with van der Waals surface area (Å²) < 4.78 is 32.9. The van der Waals surface area contributed by atoms with Crippen molar-refractivity contribution >= 4 is 27.6 Å². The Morgan fingerprint density at radius 1 is 0.971 bits per heavy atom. The van der Waals surface area contributed by atoms with Crippen molar-refractivity contribution in [2.75, 3.05) is 44.2 Å². The molecule has 0 bridgehead atoms. The zero-order chi connectivity index (χ0) is 25.0. The van der Waals surface area contributed by atoms with Gasteiger partial charge in [0.05, 0.1) is 16.1 Å². The van der Waals surface area contributed by atoms with Crippen LogP contribution < -0.4 is 4.90 Å². The number of rotatable bonds is 8. The Hall–Kier alpha value is -2.91. The van der Waals surface area contributed by atoms with Gasteiger partial charge in [0.25, 0.3) is 5.91 Å². The summed E-state index contributed by atoms with van der Waals surface area (Å²) >= 11 is 0. The Morgan fingerprint density at radius 3 is 2.34 bits per heavy atom. The maximum atomic E-state index is 13.2. The fraction of sp³-hybridized carbons (Fsp3) is 0.462. The molecule has 188 valence electrons. The molecular weight excluding hydrogens is 466 g/mol. The number of carbonyl (C=O) groups excluding carboxylic acids is 2. The van der Waals surface area contributed by atoms with Gasteiger partial charge >= 0.3 is 5.97 Å².